The Bertz CT molecular complexity index is 19.8. The zero-order valence-electron chi connectivity index (χ0n) is 6.14. The second-order valence-corrected chi connectivity index (χ2v) is 0. The number of hydrogen-bond donors (Lipinski definition) is 0. The molecule has 8 nitrogen and oxygen atoms in total. The van der Waals surface area contributed by atoms with E-state index in [9.17, 15) is 0 Å². The van der Waals surface area contributed by atoms with Crippen LogP contribution < -0.4 is 0 Å². The Kier molecular flexibility index (Phi) is 7780. The normalized spacial score (nSPS) is 0. The predicted octanol–water partition coefficient (Wildman–Crippen LogP) is 2.29. The smallest absolute Gasteiger partial charge is 3.00 e. The van der Waals surface area contributed by atoms with Gasteiger partial charge >= 0.3 is 124 Å². The summed E-state index contributed by atoms with van der Waals surface area (Å²) in [6.45, 7) is 0. The van der Waals surface area contributed by atoms with E-state index in [0.717, 1.165) is 0 Å². The van der Waals surface area contributed by atoms with Crippen LogP contribution in [0.1, 0.15) is 0 Å². The van der Waals surface area contributed by atoms with E-state index in [2.05, 4.69) is 0 Å². The first kappa shape index (κ1) is 362. The van der Waals surface area contributed by atoms with Crippen molar-refractivity contribution in [2.24, 2.45) is 0 Å². The van der Waals surface area contributed by atoms with E-state index in [0.29, 0.717) is 0 Å². The Balaban J connectivity index is 0. The summed E-state index contributed by atoms with van der Waals surface area (Å²) in [7, 11) is 0. The van der Waals surface area contributed by atoms with E-state index in [1.165, 1.54) is 0 Å². The van der Waals surface area contributed by atoms with Crippen LogP contribution in [0.15, 0.2) is 0 Å². The molecule has 0 aromatic carbocycles. The Labute approximate surface area is 170 Å². The average molecular weight is 559 g/mol. The van der Waals surface area contributed by atoms with Gasteiger partial charge in [0.15, 0.2) is 0 Å². The molecule has 0 saturated carbocycles. The molecule has 14 heteroatoms. The third kappa shape index (κ3) is 248. The van der Waals surface area contributed by atoms with Crippen LogP contribution in [0.2, 0.25) is 0 Å². The number of rotatable bonds is 0. The number of nitrogens with zero attached hydrogens (tertiary/aromatic N) is 8. The van der Waals surface area contributed by atoms with Crippen LogP contribution in [0, 0.1) is 0 Å². The van der Waals surface area contributed by atoms with Crippen molar-refractivity contribution in [3.63, 3.8) is 0 Å². The molecule has 0 aliphatic carbocycles. The van der Waals surface area contributed by atoms with Crippen LogP contribution in [-0.2, 0) is 124 Å². The Morgan fingerprint density at radius 1 is 0.214 bits per heavy atom. The van der Waals surface area contributed by atoms with Gasteiger partial charge in [0.1, 0.15) is 0 Å². The first-order valence-electron chi connectivity index (χ1n) is 0. The van der Waals surface area contributed by atoms with Crippen molar-refractivity contribution in [2.45, 2.75) is 0 Å². The predicted molar refractivity (Wildman–Crippen MR) is 26.9 cm³/mol. The molecule has 0 amide bonds. The van der Waals surface area contributed by atoms with Crippen LogP contribution >= 0.6 is 0 Å². The molecule has 0 bridgehead atoms. The molecule has 0 atom stereocenters. The van der Waals surface area contributed by atoms with Gasteiger partial charge in [-0.3, -0.25) is 0 Å². The second-order valence-electron chi connectivity index (χ2n) is 0. The summed E-state index contributed by atoms with van der Waals surface area (Å²) in [6.07, 6.45) is 0. The van der Waals surface area contributed by atoms with Gasteiger partial charge in [-0.1, -0.05) is 0 Å². The van der Waals surface area contributed by atoms with Crippen molar-refractivity contribution in [3.8, 4) is 0 Å². The third-order valence-electron chi connectivity index (χ3n) is 0. The standard InChI is InChI=1S/8N.3Ru.3Ti/q8*-3;6*+4. The van der Waals surface area contributed by atoms with Crippen LogP contribution in [0.5, 0.6) is 0 Å². The van der Waals surface area contributed by atoms with Gasteiger partial charge in [-0.15, -0.1) is 0 Å². The van der Waals surface area contributed by atoms with E-state index in [-0.39, 0.29) is 173 Å². The Hall–Kier alpha value is 3.69. The first-order valence-corrected chi connectivity index (χ1v) is 0. The van der Waals surface area contributed by atoms with Gasteiger partial charge in [0.05, 0.1) is 0 Å². The monoisotopic (exact) mass is 562 g/mol. The van der Waals surface area contributed by atoms with E-state index in [1.54, 1.807) is 0 Å². The molecule has 0 unspecified atom stereocenters. The van der Waals surface area contributed by atoms with Gasteiger partial charge in [0, 0.05) is 0 Å². The maximum Gasteiger partial charge on any atom is 4.00 e. The van der Waals surface area contributed by atoms with E-state index in [4.69, 9.17) is 0 Å². The van der Waals surface area contributed by atoms with Crippen molar-refractivity contribution < 1.29 is 124 Å². The van der Waals surface area contributed by atoms with Crippen LogP contribution in [0.3, 0.4) is 0 Å². The van der Waals surface area contributed by atoms with Gasteiger partial charge < -0.3 is 49.2 Å². The minimum absolute atomic E-state index is 0. The fourth-order valence-corrected chi connectivity index (χ4v) is 0. The molecule has 0 spiro atoms. The minimum Gasteiger partial charge on any atom is -3.00 e. The van der Waals surface area contributed by atoms with Crippen molar-refractivity contribution in [3.05, 3.63) is 49.2 Å². The summed E-state index contributed by atoms with van der Waals surface area (Å²) in [5.74, 6) is 0. The Morgan fingerprint density at radius 3 is 0.214 bits per heavy atom. The van der Waals surface area contributed by atoms with Crippen LogP contribution in [-0.4, -0.2) is 0 Å². The van der Waals surface area contributed by atoms with E-state index >= 15 is 0 Å². The molecule has 0 aliphatic heterocycles. The van der Waals surface area contributed by atoms with Crippen molar-refractivity contribution in [1.82, 2.24) is 0 Å². The van der Waals surface area contributed by atoms with Gasteiger partial charge in [0.2, 0.25) is 0 Å². The van der Waals surface area contributed by atoms with Crippen LogP contribution in [0.25, 0.3) is 49.2 Å². The summed E-state index contributed by atoms with van der Waals surface area (Å²) in [5, 5.41) is 0. The van der Waals surface area contributed by atoms with Crippen LogP contribution in [0.4, 0.5) is 0 Å². The fraction of sp³-hybridized carbons (Fsp3) is 0. The molecule has 76 valence electrons. The summed E-state index contributed by atoms with van der Waals surface area (Å²) < 4.78 is 0. The van der Waals surface area contributed by atoms with E-state index in [1.807, 2.05) is 0 Å². The summed E-state index contributed by atoms with van der Waals surface area (Å²) >= 11 is 0. The topological polar surface area (TPSA) is 244 Å². The van der Waals surface area contributed by atoms with Gasteiger partial charge in [-0.25, -0.2) is 0 Å². The second kappa shape index (κ2) is 301. The molecule has 0 fully saturated rings. The molecule has 0 radical (unpaired) electrons. The van der Waals surface area contributed by atoms with Crippen molar-refractivity contribution in [2.75, 3.05) is 0 Å². The first-order chi connectivity index (χ1) is 0. The molecular weight excluding hydrogens is 559 g/mol. The van der Waals surface area contributed by atoms with Crippen molar-refractivity contribution >= 4 is 0 Å². The summed E-state index contributed by atoms with van der Waals surface area (Å²) in [4.78, 5) is 0. The average Bonchev–Trinajstić information content (AvgIpc) is 0. The molecule has 0 aromatic heterocycles. The summed E-state index contributed by atoms with van der Waals surface area (Å²) in [6, 6.07) is 0. The number of hydrogen-bond acceptors (Lipinski definition) is 0. The fourth-order valence-electron chi connectivity index (χ4n) is 0. The zero-order valence-corrected chi connectivity index (χ0v) is 16.0. The molecule has 0 heterocycles. The quantitative estimate of drug-likeness (QED) is 0.388. The SMILES string of the molecule is [N-3].[N-3].[N-3].[N-3].[N-3].[N-3].[N-3].[N-3].[Ru+4].[Ru+4].[Ru+4].[Ti+4].[Ti+4].[Ti+4]. The molecule has 0 N–H and O–H groups in total. The van der Waals surface area contributed by atoms with Gasteiger partial charge in [0.25, 0.3) is 0 Å². The summed E-state index contributed by atoms with van der Waals surface area (Å²) in [5.41, 5.74) is 0. The molecular formula is N8Ru3Ti3. The maximum atomic E-state index is 0. The largest absolute Gasteiger partial charge is 4.00 e. The van der Waals surface area contributed by atoms with Gasteiger partial charge in [-0.2, -0.15) is 0 Å². The molecule has 0 aromatic rings. The minimum atomic E-state index is 0. The molecule has 0 saturated heterocycles. The van der Waals surface area contributed by atoms with Crippen molar-refractivity contribution in [1.29, 1.82) is 0 Å². The molecule has 14 heavy (non-hydrogen) atoms. The maximum absolute atomic E-state index is 0. The third-order valence-corrected chi connectivity index (χ3v) is 0. The van der Waals surface area contributed by atoms with E-state index < -0.39 is 0 Å². The zero-order chi connectivity index (χ0) is 0. The molecule has 0 rings (SSSR count). The molecule has 0 aliphatic rings. The van der Waals surface area contributed by atoms with Gasteiger partial charge in [-0.05, 0) is 0 Å². The Morgan fingerprint density at radius 2 is 0.214 bits per heavy atom.